The molecule has 1 fully saturated rings. The Bertz CT molecular complexity index is 1400. The van der Waals surface area contributed by atoms with E-state index in [1.165, 1.54) is 0 Å². The quantitative estimate of drug-likeness (QED) is 0.247. The first kappa shape index (κ1) is 28.6. The molecular weight excluding hydrogens is 543 g/mol. The standard InChI is InChI=1S/C28H33ClN4O3S.ClH/c1-18(2)32-8-6-22(7-9-32)31-28(34)24-13-20-14-27(36-11-10-35-3)30-16-25(20)33(24)17-23-12-19-4-5-21(29)15-26(19)37-23;/h4-5,12-16,18,22H,6-11,17H2,1-3H3,(H,31,34);1H. The number of aromatic nitrogens is 2. The van der Waals surface area contributed by atoms with Gasteiger partial charge in [-0.1, -0.05) is 17.7 Å². The normalized spacial score (nSPS) is 14.8. The second-order valence-corrected chi connectivity index (χ2v) is 11.4. The van der Waals surface area contributed by atoms with Gasteiger partial charge in [-0.15, -0.1) is 23.7 Å². The van der Waals surface area contributed by atoms with Gasteiger partial charge in [0.05, 0.1) is 24.9 Å². The summed E-state index contributed by atoms with van der Waals surface area (Å²) >= 11 is 7.90. The van der Waals surface area contributed by atoms with E-state index in [-0.39, 0.29) is 24.4 Å². The Kier molecular flexibility index (Phi) is 9.54. The Hall–Kier alpha value is -2.36. The lowest BCUT2D eigenvalue weighted by Crippen LogP contribution is -2.46. The summed E-state index contributed by atoms with van der Waals surface area (Å²) < 4.78 is 14.0. The third-order valence-corrected chi connectivity index (χ3v) is 8.29. The number of ether oxygens (including phenoxy) is 2. The monoisotopic (exact) mass is 576 g/mol. The van der Waals surface area contributed by atoms with E-state index in [1.54, 1.807) is 24.6 Å². The van der Waals surface area contributed by atoms with Crippen molar-refractivity contribution >= 4 is 62.2 Å². The highest BCUT2D eigenvalue weighted by atomic mass is 35.5. The van der Waals surface area contributed by atoms with Crippen LogP contribution in [-0.2, 0) is 11.3 Å². The van der Waals surface area contributed by atoms with E-state index in [1.807, 2.05) is 30.3 Å². The SMILES string of the molecule is COCCOc1cc2cc(C(=O)NC3CCN(C(C)C)CC3)n(Cc3cc4ccc(Cl)cc4s3)c2cn1.Cl. The van der Waals surface area contributed by atoms with E-state index in [0.29, 0.717) is 37.4 Å². The van der Waals surface area contributed by atoms with Crippen LogP contribution >= 0.6 is 35.3 Å². The van der Waals surface area contributed by atoms with Crippen molar-refractivity contribution in [2.75, 3.05) is 33.4 Å². The number of methoxy groups -OCH3 is 1. The van der Waals surface area contributed by atoms with Gasteiger partial charge in [-0.3, -0.25) is 4.79 Å². The molecule has 38 heavy (non-hydrogen) atoms. The average Bonchev–Trinajstić information content (AvgIpc) is 3.45. The number of rotatable bonds is 9. The molecule has 0 unspecified atom stereocenters. The van der Waals surface area contributed by atoms with E-state index in [2.05, 4.69) is 39.7 Å². The fourth-order valence-corrected chi connectivity index (χ4v) is 6.25. The fraction of sp³-hybridized carbons (Fsp3) is 0.429. The largest absolute Gasteiger partial charge is 0.475 e. The van der Waals surface area contributed by atoms with E-state index >= 15 is 0 Å². The van der Waals surface area contributed by atoms with Crippen molar-refractivity contribution in [2.45, 2.75) is 45.3 Å². The van der Waals surface area contributed by atoms with Gasteiger partial charge in [-0.05, 0) is 56.3 Å². The summed E-state index contributed by atoms with van der Waals surface area (Å²) in [6.07, 6.45) is 3.71. The van der Waals surface area contributed by atoms with Crippen LogP contribution in [0.5, 0.6) is 5.88 Å². The lowest BCUT2D eigenvalue weighted by molar-refractivity contribution is 0.0892. The van der Waals surface area contributed by atoms with Crippen LogP contribution in [0.2, 0.25) is 5.02 Å². The van der Waals surface area contributed by atoms with Crippen LogP contribution in [0.1, 0.15) is 42.1 Å². The fourth-order valence-electron chi connectivity index (χ4n) is 4.92. The third kappa shape index (κ3) is 6.43. The van der Waals surface area contributed by atoms with Crippen molar-refractivity contribution in [2.24, 2.45) is 0 Å². The summed E-state index contributed by atoms with van der Waals surface area (Å²) in [6.45, 7) is 7.92. The molecule has 1 aliphatic rings. The topological polar surface area (TPSA) is 68.6 Å². The third-order valence-electron chi connectivity index (χ3n) is 6.97. The number of nitrogens with zero attached hydrogens (tertiary/aromatic N) is 3. The number of halogens is 2. The molecule has 0 radical (unpaired) electrons. The average molecular weight is 578 g/mol. The van der Waals surface area contributed by atoms with Gasteiger partial charge < -0.3 is 24.3 Å². The molecule has 1 saturated heterocycles. The highest BCUT2D eigenvalue weighted by Gasteiger charge is 2.25. The smallest absolute Gasteiger partial charge is 0.268 e. The van der Waals surface area contributed by atoms with Gasteiger partial charge in [0.25, 0.3) is 5.91 Å². The summed E-state index contributed by atoms with van der Waals surface area (Å²) in [7, 11) is 1.64. The molecule has 0 bridgehead atoms. The van der Waals surface area contributed by atoms with Crippen LogP contribution in [0.25, 0.3) is 21.0 Å². The van der Waals surface area contributed by atoms with Gasteiger partial charge in [0.2, 0.25) is 5.88 Å². The predicted molar refractivity (Wildman–Crippen MR) is 157 cm³/mol. The Labute approximate surface area is 238 Å². The number of hydrogen-bond donors (Lipinski definition) is 1. The Balaban J connectivity index is 0.00000336. The summed E-state index contributed by atoms with van der Waals surface area (Å²) in [4.78, 5) is 21.7. The van der Waals surface area contributed by atoms with Crippen molar-refractivity contribution in [3.8, 4) is 5.88 Å². The lowest BCUT2D eigenvalue weighted by Gasteiger charge is -2.34. The minimum absolute atomic E-state index is 0. The van der Waals surface area contributed by atoms with Crippen molar-refractivity contribution < 1.29 is 14.3 Å². The van der Waals surface area contributed by atoms with Crippen molar-refractivity contribution in [3.05, 3.63) is 58.2 Å². The number of carbonyl (C=O) groups is 1. The number of carbonyl (C=O) groups excluding carboxylic acids is 1. The van der Waals surface area contributed by atoms with E-state index in [9.17, 15) is 4.79 Å². The van der Waals surface area contributed by atoms with Crippen molar-refractivity contribution in [1.29, 1.82) is 0 Å². The number of amides is 1. The maximum absolute atomic E-state index is 13.6. The Morgan fingerprint density at radius 2 is 1.95 bits per heavy atom. The van der Waals surface area contributed by atoms with Crippen LogP contribution < -0.4 is 10.1 Å². The Morgan fingerprint density at radius 1 is 1.16 bits per heavy atom. The lowest BCUT2D eigenvalue weighted by atomic mass is 10.0. The number of fused-ring (bicyclic) bond motifs is 2. The number of benzene rings is 1. The van der Waals surface area contributed by atoms with E-state index in [4.69, 9.17) is 21.1 Å². The van der Waals surface area contributed by atoms with Crippen molar-refractivity contribution in [1.82, 2.24) is 19.8 Å². The first-order valence-corrected chi connectivity index (χ1v) is 13.9. The number of likely N-dealkylation sites (tertiary alicyclic amines) is 1. The zero-order valence-corrected chi connectivity index (χ0v) is 24.3. The number of nitrogens with one attached hydrogen (secondary N) is 1. The zero-order chi connectivity index (χ0) is 25.9. The van der Waals surface area contributed by atoms with Crippen molar-refractivity contribution in [3.63, 3.8) is 0 Å². The first-order valence-electron chi connectivity index (χ1n) is 12.7. The molecule has 4 aromatic rings. The maximum atomic E-state index is 13.6. The van der Waals surface area contributed by atoms with Crippen LogP contribution in [0.3, 0.4) is 0 Å². The molecule has 0 aliphatic carbocycles. The molecule has 1 amide bonds. The van der Waals surface area contributed by atoms with Crippen LogP contribution in [0, 0.1) is 0 Å². The number of pyridine rings is 1. The number of thiophene rings is 1. The second-order valence-electron chi connectivity index (χ2n) is 9.81. The zero-order valence-electron chi connectivity index (χ0n) is 21.9. The van der Waals surface area contributed by atoms with E-state index in [0.717, 1.165) is 56.8 Å². The molecule has 0 saturated carbocycles. The molecule has 0 atom stereocenters. The minimum Gasteiger partial charge on any atom is -0.475 e. The van der Waals surface area contributed by atoms with Gasteiger partial charge in [0, 0.05) is 58.3 Å². The van der Waals surface area contributed by atoms with Gasteiger partial charge in [0.1, 0.15) is 12.3 Å². The molecular formula is C28H34Cl2N4O3S. The summed E-state index contributed by atoms with van der Waals surface area (Å²) in [5.41, 5.74) is 1.53. The van der Waals surface area contributed by atoms with Crippen LogP contribution in [0.4, 0.5) is 0 Å². The molecule has 0 spiro atoms. The summed E-state index contributed by atoms with van der Waals surface area (Å²) in [6, 6.07) is 12.6. The molecule has 1 aliphatic heterocycles. The minimum atomic E-state index is -0.0507. The number of hydrogen-bond acceptors (Lipinski definition) is 6. The van der Waals surface area contributed by atoms with Crippen LogP contribution in [0.15, 0.2) is 42.6 Å². The summed E-state index contributed by atoms with van der Waals surface area (Å²) in [5.74, 6) is 0.469. The maximum Gasteiger partial charge on any atom is 0.268 e. The highest BCUT2D eigenvalue weighted by Crippen LogP contribution is 2.31. The molecule has 1 aromatic carbocycles. The van der Waals surface area contributed by atoms with Gasteiger partial charge in [-0.25, -0.2) is 4.98 Å². The van der Waals surface area contributed by atoms with Gasteiger partial charge in [-0.2, -0.15) is 0 Å². The molecule has 3 aromatic heterocycles. The molecule has 1 N–H and O–H groups in total. The van der Waals surface area contributed by atoms with Gasteiger partial charge >= 0.3 is 0 Å². The summed E-state index contributed by atoms with van der Waals surface area (Å²) in [5, 5.41) is 6.10. The first-order chi connectivity index (χ1) is 17.9. The van der Waals surface area contributed by atoms with Gasteiger partial charge in [0.15, 0.2) is 0 Å². The predicted octanol–water partition coefficient (Wildman–Crippen LogP) is 6.00. The van der Waals surface area contributed by atoms with E-state index < -0.39 is 0 Å². The molecule has 204 valence electrons. The molecule has 7 nitrogen and oxygen atoms in total. The number of piperidine rings is 1. The second kappa shape index (κ2) is 12.7. The highest BCUT2D eigenvalue weighted by molar-refractivity contribution is 7.19. The molecule has 5 rings (SSSR count). The Morgan fingerprint density at radius 3 is 2.68 bits per heavy atom. The molecule has 10 heteroatoms. The molecule has 4 heterocycles. The van der Waals surface area contributed by atoms with Crippen LogP contribution in [-0.4, -0.2) is 65.9 Å².